The Morgan fingerprint density at radius 3 is 2.39 bits per heavy atom. The average Bonchev–Trinajstić information content (AvgIpc) is 2.44. The first-order valence-corrected chi connectivity index (χ1v) is 8.72. The molecule has 1 aliphatic rings. The summed E-state index contributed by atoms with van der Waals surface area (Å²) in [5, 5.41) is 2.95. The molecule has 11 heteroatoms. The summed E-state index contributed by atoms with van der Waals surface area (Å²) in [6.45, 7) is 2.91. The first-order valence-electron chi connectivity index (χ1n) is 7.28. The molecule has 0 radical (unpaired) electrons. The van der Waals surface area contributed by atoms with Crippen molar-refractivity contribution in [2.75, 3.05) is 26.2 Å². The summed E-state index contributed by atoms with van der Waals surface area (Å²) in [5.74, 6) is 0.366. The van der Waals surface area contributed by atoms with E-state index in [1.807, 2.05) is 0 Å². The van der Waals surface area contributed by atoms with Crippen LogP contribution in [-0.4, -0.2) is 50.4 Å². The van der Waals surface area contributed by atoms with Gasteiger partial charge in [-0.1, -0.05) is 13.3 Å². The van der Waals surface area contributed by atoms with E-state index in [0.29, 0.717) is 29.7 Å². The lowest BCUT2D eigenvalue weighted by Gasteiger charge is -2.30. The highest BCUT2D eigenvalue weighted by Crippen LogP contribution is 2.30. The fraction of sp³-hybridized carbons (Fsp3) is 0.917. The quantitative estimate of drug-likeness (QED) is 0.268. The number of rotatable bonds is 6. The van der Waals surface area contributed by atoms with E-state index in [1.165, 1.54) is 0 Å². The molecule has 0 aliphatic carbocycles. The van der Waals surface area contributed by atoms with Crippen molar-refractivity contribution in [1.82, 2.24) is 9.62 Å². The molecule has 0 spiro atoms. The molecule has 3 N–H and O–H groups in total. The Balaban J connectivity index is 0.00000484. The highest BCUT2D eigenvalue weighted by molar-refractivity contribution is 14.0. The van der Waals surface area contributed by atoms with Gasteiger partial charge in [0.25, 0.3) is 0 Å². The Kier molecular flexibility index (Phi) is 9.74. The van der Waals surface area contributed by atoms with E-state index >= 15 is 0 Å². The van der Waals surface area contributed by atoms with Crippen LogP contribution in [0.2, 0.25) is 0 Å². The van der Waals surface area contributed by atoms with Crippen LogP contribution in [0.5, 0.6) is 0 Å². The Bertz CT molecular complexity index is 477. The number of sulfonamides is 1. The molecule has 0 aromatic heterocycles. The van der Waals surface area contributed by atoms with Crippen molar-refractivity contribution >= 4 is 40.0 Å². The van der Waals surface area contributed by atoms with Crippen LogP contribution in [0.25, 0.3) is 0 Å². The van der Waals surface area contributed by atoms with Crippen molar-refractivity contribution < 1.29 is 21.6 Å². The van der Waals surface area contributed by atoms with Gasteiger partial charge in [-0.2, -0.15) is 17.5 Å². The van der Waals surface area contributed by atoms with E-state index in [4.69, 9.17) is 5.73 Å². The molecule has 1 aliphatic heterocycles. The Morgan fingerprint density at radius 1 is 1.35 bits per heavy atom. The molecule has 1 saturated heterocycles. The molecule has 138 valence electrons. The summed E-state index contributed by atoms with van der Waals surface area (Å²) >= 11 is 0. The number of halogens is 4. The van der Waals surface area contributed by atoms with Gasteiger partial charge in [0.15, 0.2) is 5.96 Å². The van der Waals surface area contributed by atoms with E-state index in [0.717, 1.165) is 19.4 Å². The number of aliphatic imine (C=N–C) groups is 1. The van der Waals surface area contributed by atoms with Crippen LogP contribution in [0.1, 0.15) is 32.6 Å². The zero-order valence-corrected chi connectivity index (χ0v) is 16.1. The topological polar surface area (TPSA) is 87.8 Å². The standard InChI is InChI=1S/C12H23F3N4O2S.HI/c1-2-3-6-17-11(16)18-9-10-4-7-19(8-5-10)22(20,21)12(13,14)15;/h10H,2-9H2,1H3,(H3,16,17,18);1H. The molecule has 1 rings (SSSR count). The molecule has 1 heterocycles. The monoisotopic (exact) mass is 472 g/mol. The first kappa shape index (κ1) is 22.7. The minimum Gasteiger partial charge on any atom is -0.370 e. The van der Waals surface area contributed by atoms with Crippen molar-refractivity contribution in [2.45, 2.75) is 38.1 Å². The van der Waals surface area contributed by atoms with Gasteiger partial charge in [-0.25, -0.2) is 8.42 Å². The average molecular weight is 472 g/mol. The lowest BCUT2D eigenvalue weighted by atomic mass is 9.98. The van der Waals surface area contributed by atoms with Gasteiger partial charge < -0.3 is 11.1 Å². The zero-order chi connectivity index (χ0) is 16.8. The molecule has 23 heavy (non-hydrogen) atoms. The third-order valence-electron chi connectivity index (χ3n) is 3.56. The molecular weight excluding hydrogens is 448 g/mol. The number of hydrogen-bond acceptors (Lipinski definition) is 3. The van der Waals surface area contributed by atoms with Crippen LogP contribution in [0, 0.1) is 5.92 Å². The molecule has 0 unspecified atom stereocenters. The van der Waals surface area contributed by atoms with Gasteiger partial charge in [-0.05, 0) is 25.2 Å². The summed E-state index contributed by atoms with van der Waals surface area (Å²) in [6, 6.07) is 0. The summed E-state index contributed by atoms with van der Waals surface area (Å²) in [4.78, 5) is 4.15. The molecule has 0 saturated carbocycles. The van der Waals surface area contributed by atoms with Crippen molar-refractivity contribution in [3.63, 3.8) is 0 Å². The number of nitrogens with zero attached hydrogens (tertiary/aromatic N) is 2. The summed E-state index contributed by atoms with van der Waals surface area (Å²) in [5.41, 5.74) is 0.439. The fourth-order valence-corrected chi connectivity index (χ4v) is 3.14. The van der Waals surface area contributed by atoms with Gasteiger partial charge in [0.1, 0.15) is 0 Å². The van der Waals surface area contributed by atoms with E-state index < -0.39 is 15.5 Å². The molecule has 0 bridgehead atoms. The number of nitrogens with two attached hydrogens (primary N) is 1. The molecular formula is C12H24F3IN4O2S. The molecule has 0 atom stereocenters. The van der Waals surface area contributed by atoms with Crippen LogP contribution in [0.15, 0.2) is 4.99 Å². The number of piperidine rings is 1. The molecule has 0 aromatic rings. The van der Waals surface area contributed by atoms with Gasteiger partial charge in [0.05, 0.1) is 0 Å². The largest absolute Gasteiger partial charge is 0.511 e. The first-order chi connectivity index (χ1) is 10.2. The third-order valence-corrected chi connectivity index (χ3v) is 5.19. The molecule has 0 amide bonds. The summed E-state index contributed by atoms with van der Waals surface area (Å²) < 4.78 is 60.4. The van der Waals surface area contributed by atoms with Crippen LogP contribution >= 0.6 is 24.0 Å². The minimum atomic E-state index is -5.23. The second kappa shape index (κ2) is 9.87. The second-order valence-corrected chi connectivity index (χ2v) is 7.23. The smallest absolute Gasteiger partial charge is 0.370 e. The Morgan fingerprint density at radius 2 is 1.91 bits per heavy atom. The Labute approximate surface area is 152 Å². The number of hydrogen-bond donors (Lipinski definition) is 2. The summed E-state index contributed by atoms with van der Waals surface area (Å²) in [7, 11) is -5.21. The molecule has 0 aromatic carbocycles. The maximum absolute atomic E-state index is 12.4. The SMILES string of the molecule is CCCCNC(N)=NCC1CCN(S(=O)(=O)C(F)(F)F)CC1.I. The van der Waals surface area contributed by atoms with Crippen LogP contribution in [0.3, 0.4) is 0 Å². The lowest BCUT2D eigenvalue weighted by molar-refractivity contribution is -0.0496. The predicted molar refractivity (Wildman–Crippen MR) is 94.1 cm³/mol. The minimum absolute atomic E-state index is 0. The van der Waals surface area contributed by atoms with Gasteiger partial charge in [-0.15, -0.1) is 24.0 Å². The highest BCUT2D eigenvalue weighted by atomic mass is 127. The van der Waals surface area contributed by atoms with Crippen molar-refractivity contribution in [3.8, 4) is 0 Å². The fourth-order valence-electron chi connectivity index (χ4n) is 2.16. The Hall–Kier alpha value is -0.300. The normalized spacial score (nSPS) is 18.5. The van der Waals surface area contributed by atoms with Gasteiger partial charge in [-0.3, -0.25) is 4.99 Å². The zero-order valence-electron chi connectivity index (χ0n) is 13.0. The highest BCUT2D eigenvalue weighted by Gasteiger charge is 2.50. The predicted octanol–water partition coefficient (Wildman–Crippen LogP) is 1.87. The van der Waals surface area contributed by atoms with Crippen molar-refractivity contribution in [2.24, 2.45) is 16.6 Å². The van der Waals surface area contributed by atoms with E-state index in [1.54, 1.807) is 0 Å². The number of guanidine groups is 1. The van der Waals surface area contributed by atoms with Crippen molar-refractivity contribution in [3.05, 3.63) is 0 Å². The van der Waals surface area contributed by atoms with E-state index in [9.17, 15) is 21.6 Å². The summed E-state index contributed by atoms with van der Waals surface area (Å²) in [6.07, 6.45) is 2.71. The maximum Gasteiger partial charge on any atom is 0.511 e. The third kappa shape index (κ3) is 6.99. The number of nitrogens with one attached hydrogen (secondary N) is 1. The van der Waals surface area contributed by atoms with Gasteiger partial charge >= 0.3 is 15.5 Å². The van der Waals surface area contributed by atoms with E-state index in [2.05, 4.69) is 17.2 Å². The van der Waals surface area contributed by atoms with Crippen LogP contribution in [0.4, 0.5) is 13.2 Å². The second-order valence-electron chi connectivity index (χ2n) is 5.30. The van der Waals surface area contributed by atoms with E-state index in [-0.39, 0.29) is 43.0 Å². The van der Waals surface area contributed by atoms with Crippen LogP contribution in [-0.2, 0) is 10.0 Å². The number of alkyl halides is 3. The molecule has 1 fully saturated rings. The van der Waals surface area contributed by atoms with Gasteiger partial charge in [0, 0.05) is 26.2 Å². The maximum atomic E-state index is 12.4. The lowest BCUT2D eigenvalue weighted by Crippen LogP contribution is -2.45. The molecule has 6 nitrogen and oxygen atoms in total. The number of unbranched alkanes of at least 4 members (excludes halogenated alkanes) is 1. The van der Waals surface area contributed by atoms with Crippen LogP contribution < -0.4 is 11.1 Å². The van der Waals surface area contributed by atoms with Gasteiger partial charge in [0.2, 0.25) is 0 Å². The van der Waals surface area contributed by atoms with Crippen molar-refractivity contribution in [1.29, 1.82) is 0 Å².